The molecule has 1 aromatic rings. The zero-order chi connectivity index (χ0) is 19.0. The van der Waals surface area contributed by atoms with Crippen LogP contribution in [0.25, 0.3) is 0 Å². The van der Waals surface area contributed by atoms with Crippen LogP contribution >= 0.6 is 0 Å². The summed E-state index contributed by atoms with van der Waals surface area (Å²) in [7, 11) is 5.08. The van der Waals surface area contributed by atoms with E-state index in [1.165, 1.54) is 4.90 Å². The Balaban J connectivity index is 2.61. The molecule has 25 heavy (non-hydrogen) atoms. The average molecular weight is 348 g/mol. The lowest BCUT2D eigenvalue weighted by molar-refractivity contribution is -0.132. The summed E-state index contributed by atoms with van der Waals surface area (Å²) in [6.45, 7) is 5.45. The first kappa shape index (κ1) is 20.6. The highest BCUT2D eigenvalue weighted by Gasteiger charge is 2.15. The zero-order valence-electron chi connectivity index (χ0n) is 15.7. The molecule has 0 aliphatic carbocycles. The molecule has 0 aliphatic rings. The number of rotatable bonds is 8. The monoisotopic (exact) mass is 348 g/mol. The summed E-state index contributed by atoms with van der Waals surface area (Å²) in [5.41, 5.74) is 1.06. The van der Waals surface area contributed by atoms with Gasteiger partial charge in [-0.2, -0.15) is 0 Å². The van der Waals surface area contributed by atoms with Crippen LogP contribution in [-0.4, -0.2) is 79.7 Å². The van der Waals surface area contributed by atoms with Gasteiger partial charge in [-0.3, -0.25) is 19.3 Å². The number of nitrogens with one attached hydrogen (secondary N) is 1. The Morgan fingerprint density at radius 1 is 1.00 bits per heavy atom. The quantitative estimate of drug-likeness (QED) is 0.764. The second kappa shape index (κ2) is 9.78. The van der Waals surface area contributed by atoms with Crippen molar-refractivity contribution in [2.24, 2.45) is 0 Å². The molecule has 0 spiro atoms. The van der Waals surface area contributed by atoms with Gasteiger partial charge in [0.1, 0.15) is 0 Å². The van der Waals surface area contributed by atoms with Crippen LogP contribution in [0.5, 0.6) is 0 Å². The number of amides is 3. The van der Waals surface area contributed by atoms with Crippen LogP contribution in [0.2, 0.25) is 0 Å². The van der Waals surface area contributed by atoms with Crippen LogP contribution in [0.4, 0.5) is 5.69 Å². The van der Waals surface area contributed by atoms with Crippen molar-refractivity contribution in [3.05, 3.63) is 29.8 Å². The maximum atomic E-state index is 12.2. The van der Waals surface area contributed by atoms with E-state index >= 15 is 0 Å². The van der Waals surface area contributed by atoms with Crippen LogP contribution in [0.1, 0.15) is 24.2 Å². The molecule has 0 bridgehead atoms. The Labute approximate surface area is 149 Å². The molecule has 0 heterocycles. The molecular formula is C18H28N4O3. The number of carbonyl (C=O) groups excluding carboxylic acids is 3. The maximum absolute atomic E-state index is 12.2. The predicted octanol–water partition coefficient (Wildman–Crippen LogP) is 1.13. The van der Waals surface area contributed by atoms with Crippen molar-refractivity contribution < 1.29 is 14.4 Å². The molecule has 0 saturated heterocycles. The maximum Gasteiger partial charge on any atom is 0.253 e. The summed E-state index contributed by atoms with van der Waals surface area (Å²) >= 11 is 0. The lowest BCUT2D eigenvalue weighted by Gasteiger charge is -2.22. The molecule has 0 atom stereocenters. The molecule has 0 saturated carbocycles. The third kappa shape index (κ3) is 6.54. The van der Waals surface area contributed by atoms with Gasteiger partial charge in [0.25, 0.3) is 5.91 Å². The molecule has 0 aliphatic heterocycles. The second-order valence-electron chi connectivity index (χ2n) is 6.07. The summed E-state index contributed by atoms with van der Waals surface area (Å²) in [5, 5.41) is 2.76. The first-order chi connectivity index (χ1) is 11.8. The number of carbonyl (C=O) groups is 3. The van der Waals surface area contributed by atoms with Gasteiger partial charge in [0, 0.05) is 38.4 Å². The average Bonchev–Trinajstić information content (AvgIpc) is 2.54. The van der Waals surface area contributed by atoms with E-state index < -0.39 is 0 Å². The Kier molecular flexibility index (Phi) is 8.07. The van der Waals surface area contributed by atoms with Gasteiger partial charge in [-0.25, -0.2) is 0 Å². The molecule has 7 heteroatoms. The van der Waals surface area contributed by atoms with Crippen LogP contribution < -0.4 is 5.32 Å². The van der Waals surface area contributed by atoms with Crippen LogP contribution in [0.15, 0.2) is 24.3 Å². The minimum absolute atomic E-state index is 0.00104. The molecule has 0 radical (unpaired) electrons. The fourth-order valence-electron chi connectivity index (χ4n) is 2.40. The third-order valence-corrected chi connectivity index (χ3v) is 3.73. The van der Waals surface area contributed by atoms with E-state index in [0.717, 1.165) is 0 Å². The molecule has 7 nitrogen and oxygen atoms in total. The van der Waals surface area contributed by atoms with Crippen molar-refractivity contribution in [3.8, 4) is 0 Å². The van der Waals surface area contributed by atoms with E-state index in [4.69, 9.17) is 0 Å². The van der Waals surface area contributed by atoms with Crippen LogP contribution in [-0.2, 0) is 9.59 Å². The number of hydrogen-bond donors (Lipinski definition) is 1. The van der Waals surface area contributed by atoms with Crippen LogP contribution in [0, 0.1) is 0 Å². The van der Waals surface area contributed by atoms with E-state index in [1.54, 1.807) is 55.2 Å². The minimum atomic E-state index is -0.232. The Morgan fingerprint density at radius 3 is 2.20 bits per heavy atom. The van der Waals surface area contributed by atoms with Crippen molar-refractivity contribution >= 4 is 23.4 Å². The number of nitrogens with zero attached hydrogens (tertiary/aromatic N) is 3. The molecule has 0 unspecified atom stereocenters. The number of hydrogen-bond acceptors (Lipinski definition) is 4. The fraction of sp³-hybridized carbons (Fsp3) is 0.500. The highest BCUT2D eigenvalue weighted by molar-refractivity contribution is 5.97. The molecular weight excluding hydrogens is 320 g/mol. The first-order valence-electron chi connectivity index (χ1n) is 8.36. The molecule has 3 amide bonds. The van der Waals surface area contributed by atoms with E-state index in [0.29, 0.717) is 24.3 Å². The van der Waals surface area contributed by atoms with Gasteiger partial charge in [0.05, 0.1) is 13.1 Å². The van der Waals surface area contributed by atoms with Crippen molar-refractivity contribution in [3.63, 3.8) is 0 Å². The van der Waals surface area contributed by atoms with E-state index in [1.807, 2.05) is 13.8 Å². The zero-order valence-corrected chi connectivity index (χ0v) is 15.7. The Hall–Kier alpha value is -2.41. The topological polar surface area (TPSA) is 73.0 Å². The van der Waals surface area contributed by atoms with E-state index in [9.17, 15) is 14.4 Å². The highest BCUT2D eigenvalue weighted by Crippen LogP contribution is 2.12. The summed E-state index contributed by atoms with van der Waals surface area (Å²) in [6, 6.07) is 6.79. The molecule has 138 valence electrons. The lowest BCUT2D eigenvalue weighted by Crippen LogP contribution is -2.41. The first-order valence-corrected chi connectivity index (χ1v) is 8.36. The Bertz CT molecular complexity index is 612. The molecule has 0 fully saturated rings. The summed E-state index contributed by atoms with van der Waals surface area (Å²) in [6.07, 6.45) is 0. The smallest absolute Gasteiger partial charge is 0.253 e. The lowest BCUT2D eigenvalue weighted by atomic mass is 10.2. The number of benzene rings is 1. The second-order valence-corrected chi connectivity index (χ2v) is 6.07. The van der Waals surface area contributed by atoms with Crippen LogP contribution in [0.3, 0.4) is 0 Å². The van der Waals surface area contributed by atoms with Gasteiger partial charge in [0.2, 0.25) is 11.8 Å². The summed E-state index contributed by atoms with van der Waals surface area (Å²) in [5.74, 6) is -0.360. The largest absolute Gasteiger partial charge is 0.345 e. The normalized spacial score (nSPS) is 10.5. The molecule has 1 N–H and O–H groups in total. The van der Waals surface area contributed by atoms with Crippen molar-refractivity contribution in [1.82, 2.24) is 14.7 Å². The van der Waals surface area contributed by atoms with Gasteiger partial charge in [-0.15, -0.1) is 0 Å². The van der Waals surface area contributed by atoms with Gasteiger partial charge in [-0.1, -0.05) is 6.07 Å². The number of likely N-dealkylation sites (N-methyl/N-ethyl adjacent to an activating group) is 2. The minimum Gasteiger partial charge on any atom is -0.345 e. The van der Waals surface area contributed by atoms with Gasteiger partial charge in [0.15, 0.2) is 0 Å². The number of anilines is 1. The molecule has 0 aromatic heterocycles. The van der Waals surface area contributed by atoms with E-state index in [-0.39, 0.29) is 30.8 Å². The van der Waals surface area contributed by atoms with E-state index in [2.05, 4.69) is 5.32 Å². The fourth-order valence-corrected chi connectivity index (χ4v) is 2.40. The van der Waals surface area contributed by atoms with Crippen molar-refractivity contribution in [2.75, 3.05) is 52.6 Å². The highest BCUT2D eigenvalue weighted by atomic mass is 16.2. The standard InChI is InChI=1S/C18H28N4O3/c1-6-22(7-2)17(24)13-21(5)12-16(23)19-15-10-8-9-14(11-15)18(25)20(3)4/h8-11H,6-7,12-13H2,1-5H3,(H,19,23). The molecule has 1 aromatic carbocycles. The summed E-state index contributed by atoms with van der Waals surface area (Å²) < 4.78 is 0. The summed E-state index contributed by atoms with van der Waals surface area (Å²) in [4.78, 5) is 41.0. The van der Waals surface area contributed by atoms with Crippen molar-refractivity contribution in [1.29, 1.82) is 0 Å². The molecule has 1 rings (SSSR count). The van der Waals surface area contributed by atoms with Gasteiger partial charge in [-0.05, 0) is 39.1 Å². The SMILES string of the molecule is CCN(CC)C(=O)CN(C)CC(=O)Nc1cccc(C(=O)N(C)C)c1. The van der Waals surface area contributed by atoms with Gasteiger partial charge < -0.3 is 15.1 Å². The van der Waals surface area contributed by atoms with Crippen molar-refractivity contribution in [2.45, 2.75) is 13.8 Å². The van der Waals surface area contributed by atoms with Gasteiger partial charge >= 0.3 is 0 Å². The predicted molar refractivity (Wildman–Crippen MR) is 98.5 cm³/mol. The Morgan fingerprint density at radius 2 is 1.64 bits per heavy atom. The third-order valence-electron chi connectivity index (χ3n) is 3.73.